The van der Waals surface area contributed by atoms with Crippen LogP contribution in [0.1, 0.15) is 30.1 Å². The van der Waals surface area contributed by atoms with Gasteiger partial charge in [0.1, 0.15) is 12.4 Å². The SMILES string of the molecule is CCNc1cc(C(=O)N(CC(F)(F)F)C2CC2)c(Cl)cn1. The van der Waals surface area contributed by atoms with Gasteiger partial charge in [0, 0.05) is 18.8 Å². The monoisotopic (exact) mass is 321 g/mol. The number of nitrogens with one attached hydrogen (secondary N) is 1. The van der Waals surface area contributed by atoms with E-state index in [9.17, 15) is 18.0 Å². The second kappa shape index (κ2) is 6.09. The van der Waals surface area contributed by atoms with Crippen molar-refractivity contribution in [1.82, 2.24) is 9.88 Å². The number of anilines is 1. The molecule has 1 heterocycles. The van der Waals surface area contributed by atoms with Crippen molar-refractivity contribution in [3.8, 4) is 0 Å². The Bertz CT molecular complexity index is 532. The lowest BCUT2D eigenvalue weighted by Crippen LogP contribution is -2.40. The van der Waals surface area contributed by atoms with E-state index >= 15 is 0 Å². The topological polar surface area (TPSA) is 45.2 Å². The van der Waals surface area contributed by atoms with E-state index in [1.54, 1.807) is 0 Å². The number of aromatic nitrogens is 1. The van der Waals surface area contributed by atoms with Crippen LogP contribution in [0.15, 0.2) is 12.3 Å². The lowest BCUT2D eigenvalue weighted by molar-refractivity contribution is -0.141. The number of alkyl halides is 3. The lowest BCUT2D eigenvalue weighted by Gasteiger charge is -2.24. The van der Waals surface area contributed by atoms with Crippen LogP contribution in [0.2, 0.25) is 5.02 Å². The average molecular weight is 322 g/mol. The molecule has 1 saturated carbocycles. The molecular formula is C13H15ClF3N3O. The van der Waals surface area contributed by atoms with Crippen LogP contribution in [0.3, 0.4) is 0 Å². The van der Waals surface area contributed by atoms with Crippen LogP contribution in [-0.4, -0.2) is 41.1 Å². The van der Waals surface area contributed by atoms with Crippen molar-refractivity contribution in [3.63, 3.8) is 0 Å². The Kier molecular flexibility index (Phi) is 4.61. The standard InChI is InChI=1S/C13H15ClF3N3O/c1-2-18-11-5-9(10(14)6-19-11)12(21)20(8-3-4-8)7-13(15,16)17/h5-6,8H,2-4,7H2,1H3,(H,18,19). The number of halogens is 4. The molecule has 0 bridgehead atoms. The fraction of sp³-hybridized carbons (Fsp3) is 0.538. The number of rotatable bonds is 5. The van der Waals surface area contributed by atoms with Crippen molar-refractivity contribution < 1.29 is 18.0 Å². The van der Waals surface area contributed by atoms with E-state index in [1.165, 1.54) is 12.3 Å². The number of pyridine rings is 1. The minimum absolute atomic E-state index is 0.0405. The van der Waals surface area contributed by atoms with Crippen LogP contribution >= 0.6 is 11.6 Å². The van der Waals surface area contributed by atoms with Gasteiger partial charge in [-0.05, 0) is 25.8 Å². The third kappa shape index (κ3) is 4.23. The van der Waals surface area contributed by atoms with Gasteiger partial charge in [0.05, 0.1) is 10.6 Å². The minimum Gasteiger partial charge on any atom is -0.370 e. The molecule has 0 radical (unpaired) electrons. The highest BCUT2D eigenvalue weighted by atomic mass is 35.5. The quantitative estimate of drug-likeness (QED) is 0.904. The van der Waals surface area contributed by atoms with Gasteiger partial charge in [-0.1, -0.05) is 11.6 Å². The fourth-order valence-electron chi connectivity index (χ4n) is 1.98. The second-order valence-electron chi connectivity index (χ2n) is 4.86. The van der Waals surface area contributed by atoms with Crippen LogP contribution in [-0.2, 0) is 0 Å². The summed E-state index contributed by atoms with van der Waals surface area (Å²) in [4.78, 5) is 17.2. The van der Waals surface area contributed by atoms with Crippen LogP contribution in [0, 0.1) is 0 Å². The van der Waals surface area contributed by atoms with E-state index in [4.69, 9.17) is 11.6 Å². The molecule has 0 saturated heterocycles. The van der Waals surface area contributed by atoms with Crippen molar-refractivity contribution in [2.75, 3.05) is 18.4 Å². The normalized spacial score (nSPS) is 14.9. The highest BCUT2D eigenvalue weighted by Crippen LogP contribution is 2.32. The molecule has 0 atom stereocenters. The second-order valence-corrected chi connectivity index (χ2v) is 5.27. The zero-order chi connectivity index (χ0) is 15.6. The maximum atomic E-state index is 12.6. The zero-order valence-corrected chi connectivity index (χ0v) is 12.1. The van der Waals surface area contributed by atoms with Crippen LogP contribution in [0.4, 0.5) is 19.0 Å². The first-order valence-corrected chi connectivity index (χ1v) is 6.96. The Labute approximate surface area is 125 Å². The number of hydrogen-bond donors (Lipinski definition) is 1. The minimum atomic E-state index is -4.43. The van der Waals surface area contributed by atoms with Gasteiger partial charge in [-0.25, -0.2) is 4.98 Å². The van der Waals surface area contributed by atoms with Gasteiger partial charge in [-0.3, -0.25) is 4.79 Å². The molecule has 116 valence electrons. The summed E-state index contributed by atoms with van der Waals surface area (Å²) in [6.45, 7) is 1.17. The Morgan fingerprint density at radius 2 is 2.19 bits per heavy atom. The van der Waals surface area contributed by atoms with Gasteiger partial charge in [-0.2, -0.15) is 13.2 Å². The maximum absolute atomic E-state index is 12.6. The first-order valence-electron chi connectivity index (χ1n) is 6.59. The van der Waals surface area contributed by atoms with Gasteiger partial charge in [0.15, 0.2) is 0 Å². The molecule has 8 heteroatoms. The van der Waals surface area contributed by atoms with Crippen molar-refractivity contribution in [2.24, 2.45) is 0 Å². The van der Waals surface area contributed by atoms with E-state index < -0.39 is 18.6 Å². The number of carbonyl (C=O) groups excluding carboxylic acids is 1. The summed E-state index contributed by atoms with van der Waals surface area (Å²) >= 11 is 5.91. The van der Waals surface area contributed by atoms with E-state index in [0.29, 0.717) is 25.2 Å². The molecule has 0 unspecified atom stereocenters. The Morgan fingerprint density at radius 1 is 1.52 bits per heavy atom. The first-order chi connectivity index (χ1) is 9.81. The summed E-state index contributed by atoms with van der Waals surface area (Å²) < 4.78 is 37.9. The van der Waals surface area contributed by atoms with E-state index in [1.807, 2.05) is 6.92 Å². The molecule has 0 aromatic carbocycles. The van der Waals surface area contributed by atoms with Gasteiger partial charge < -0.3 is 10.2 Å². The molecule has 1 amide bonds. The summed E-state index contributed by atoms with van der Waals surface area (Å²) in [5, 5.41) is 2.95. The van der Waals surface area contributed by atoms with E-state index in [-0.39, 0.29) is 16.6 Å². The molecule has 1 N–H and O–H groups in total. The van der Waals surface area contributed by atoms with Crippen LogP contribution in [0.25, 0.3) is 0 Å². The molecule has 1 aliphatic rings. The smallest absolute Gasteiger partial charge is 0.370 e. The Morgan fingerprint density at radius 3 is 2.71 bits per heavy atom. The molecule has 1 aromatic heterocycles. The van der Waals surface area contributed by atoms with Crippen molar-refractivity contribution in [2.45, 2.75) is 32.0 Å². The molecule has 21 heavy (non-hydrogen) atoms. The molecule has 1 aromatic rings. The Balaban J connectivity index is 2.25. The lowest BCUT2D eigenvalue weighted by atomic mass is 10.2. The third-order valence-electron chi connectivity index (χ3n) is 3.04. The summed E-state index contributed by atoms with van der Waals surface area (Å²) in [6.07, 6.45) is -1.98. The number of carbonyl (C=O) groups is 1. The highest BCUT2D eigenvalue weighted by Gasteiger charge is 2.41. The predicted molar refractivity (Wildman–Crippen MR) is 73.5 cm³/mol. The van der Waals surface area contributed by atoms with Crippen molar-refractivity contribution in [3.05, 3.63) is 22.8 Å². The third-order valence-corrected chi connectivity index (χ3v) is 3.34. The summed E-state index contributed by atoms with van der Waals surface area (Å²) in [6, 6.07) is 1.03. The van der Waals surface area contributed by atoms with Gasteiger partial charge >= 0.3 is 6.18 Å². The Hall–Kier alpha value is -1.50. The van der Waals surface area contributed by atoms with Crippen molar-refractivity contribution in [1.29, 1.82) is 0 Å². The fourth-order valence-corrected chi connectivity index (χ4v) is 2.17. The maximum Gasteiger partial charge on any atom is 0.406 e. The number of nitrogens with zero attached hydrogens (tertiary/aromatic N) is 2. The largest absolute Gasteiger partial charge is 0.406 e. The molecule has 1 fully saturated rings. The highest BCUT2D eigenvalue weighted by molar-refractivity contribution is 6.33. The summed E-state index contributed by atoms with van der Waals surface area (Å²) in [5.41, 5.74) is 0.0405. The molecule has 2 rings (SSSR count). The van der Waals surface area contributed by atoms with E-state index in [0.717, 1.165) is 4.90 Å². The summed E-state index contributed by atoms with van der Waals surface area (Å²) in [7, 11) is 0. The first kappa shape index (κ1) is 15.9. The summed E-state index contributed by atoms with van der Waals surface area (Å²) in [5.74, 6) is -0.297. The zero-order valence-electron chi connectivity index (χ0n) is 11.4. The van der Waals surface area contributed by atoms with Gasteiger partial charge in [0.25, 0.3) is 5.91 Å². The molecule has 4 nitrogen and oxygen atoms in total. The number of hydrogen-bond acceptors (Lipinski definition) is 3. The predicted octanol–water partition coefficient (Wildman–Crippen LogP) is 3.33. The van der Waals surface area contributed by atoms with E-state index in [2.05, 4.69) is 10.3 Å². The molecular weight excluding hydrogens is 307 g/mol. The van der Waals surface area contributed by atoms with Crippen LogP contribution < -0.4 is 5.32 Å². The van der Waals surface area contributed by atoms with Crippen molar-refractivity contribution >= 4 is 23.3 Å². The molecule has 1 aliphatic carbocycles. The molecule has 0 aliphatic heterocycles. The molecule has 0 spiro atoms. The average Bonchev–Trinajstić information content (AvgIpc) is 3.21. The van der Waals surface area contributed by atoms with Gasteiger partial charge in [0.2, 0.25) is 0 Å². The van der Waals surface area contributed by atoms with Crippen LogP contribution in [0.5, 0.6) is 0 Å². The van der Waals surface area contributed by atoms with Gasteiger partial charge in [-0.15, -0.1) is 0 Å². The number of amides is 1.